The van der Waals surface area contributed by atoms with Crippen molar-refractivity contribution in [3.63, 3.8) is 0 Å². The molecule has 0 aromatic heterocycles. The number of aliphatic hydroxyl groups is 1. The Labute approximate surface area is 193 Å². The molecule has 2 aliphatic rings. The van der Waals surface area contributed by atoms with Crippen LogP contribution in [0.4, 0.5) is 5.69 Å². The number of para-hydroxylation sites is 1. The van der Waals surface area contributed by atoms with Crippen molar-refractivity contribution in [2.45, 2.75) is 31.5 Å². The Bertz CT molecular complexity index is 1150. The summed E-state index contributed by atoms with van der Waals surface area (Å²) >= 11 is 0. The maximum atomic E-state index is 12.7. The highest BCUT2D eigenvalue weighted by molar-refractivity contribution is 6.02. The van der Waals surface area contributed by atoms with Gasteiger partial charge < -0.3 is 19.9 Å². The molecule has 0 radical (unpaired) electrons. The summed E-state index contributed by atoms with van der Waals surface area (Å²) in [5, 5.41) is 23.6. The Balaban J connectivity index is 1.34. The molecule has 4 rings (SSSR count). The zero-order chi connectivity index (χ0) is 24.2. The summed E-state index contributed by atoms with van der Waals surface area (Å²) in [6.07, 6.45) is 0.504. The Kier molecular flexibility index (Phi) is 6.44. The molecule has 2 aromatic rings. The van der Waals surface area contributed by atoms with Crippen molar-refractivity contribution >= 4 is 23.5 Å². The molecular weight excluding hydrogens is 446 g/mol. The molecule has 11 nitrogen and oxygen atoms in total. The van der Waals surface area contributed by atoms with Gasteiger partial charge in [0.15, 0.2) is 12.3 Å². The van der Waals surface area contributed by atoms with E-state index in [1.54, 1.807) is 24.3 Å². The molecule has 2 aliphatic heterocycles. The standard InChI is InChI=1S/C23H21N3O8/c27-18-11-10-17-20(24-19(28)13-33-16-4-2-1-3-5-16)22(29)25(17)21(18)23(30)34-12-14-6-8-15(9-7-14)26(31)32/h1-9,17,20,27H,10-13H2,(H,24,28). The first-order valence-corrected chi connectivity index (χ1v) is 10.5. The van der Waals surface area contributed by atoms with E-state index in [1.165, 1.54) is 24.3 Å². The van der Waals surface area contributed by atoms with Gasteiger partial charge in [-0.2, -0.15) is 0 Å². The molecule has 34 heavy (non-hydrogen) atoms. The van der Waals surface area contributed by atoms with Crippen LogP contribution < -0.4 is 10.1 Å². The molecule has 0 aliphatic carbocycles. The largest absolute Gasteiger partial charge is 0.510 e. The van der Waals surface area contributed by atoms with Gasteiger partial charge in [0.1, 0.15) is 24.2 Å². The van der Waals surface area contributed by atoms with Crippen LogP contribution in [0, 0.1) is 10.1 Å². The van der Waals surface area contributed by atoms with E-state index in [1.807, 2.05) is 6.07 Å². The van der Waals surface area contributed by atoms with Crippen molar-refractivity contribution in [1.29, 1.82) is 0 Å². The van der Waals surface area contributed by atoms with Crippen LogP contribution in [0.25, 0.3) is 0 Å². The maximum Gasteiger partial charge on any atom is 0.358 e. The average molecular weight is 467 g/mol. The van der Waals surface area contributed by atoms with E-state index in [2.05, 4.69) is 5.32 Å². The van der Waals surface area contributed by atoms with Crippen LogP contribution in [0.15, 0.2) is 66.1 Å². The second-order valence-corrected chi connectivity index (χ2v) is 7.76. The van der Waals surface area contributed by atoms with E-state index in [-0.39, 0.29) is 36.8 Å². The van der Waals surface area contributed by atoms with Gasteiger partial charge in [-0.3, -0.25) is 24.6 Å². The van der Waals surface area contributed by atoms with Crippen LogP contribution in [0.3, 0.4) is 0 Å². The fourth-order valence-corrected chi connectivity index (χ4v) is 3.84. The lowest BCUT2D eigenvalue weighted by Crippen LogP contribution is -2.72. The number of hydrogen-bond acceptors (Lipinski definition) is 8. The van der Waals surface area contributed by atoms with E-state index in [0.29, 0.717) is 17.7 Å². The summed E-state index contributed by atoms with van der Waals surface area (Å²) in [5.41, 5.74) is 0.151. The van der Waals surface area contributed by atoms with Gasteiger partial charge in [-0.25, -0.2) is 4.79 Å². The van der Waals surface area contributed by atoms with Gasteiger partial charge in [0.2, 0.25) is 0 Å². The molecule has 11 heteroatoms. The van der Waals surface area contributed by atoms with Gasteiger partial charge >= 0.3 is 5.97 Å². The van der Waals surface area contributed by atoms with Gasteiger partial charge in [0.25, 0.3) is 17.5 Å². The first-order chi connectivity index (χ1) is 16.3. The quantitative estimate of drug-likeness (QED) is 0.259. The Hall–Kier alpha value is -4.41. The van der Waals surface area contributed by atoms with Crippen molar-refractivity contribution in [3.8, 4) is 5.75 Å². The summed E-state index contributed by atoms with van der Waals surface area (Å²) < 4.78 is 10.6. The predicted octanol–water partition coefficient (Wildman–Crippen LogP) is 1.98. The number of nitrogens with zero attached hydrogens (tertiary/aromatic N) is 2. The van der Waals surface area contributed by atoms with E-state index < -0.39 is 34.8 Å². The number of esters is 1. The van der Waals surface area contributed by atoms with Gasteiger partial charge in [0.05, 0.1) is 11.0 Å². The van der Waals surface area contributed by atoms with Crippen molar-refractivity contribution in [2.24, 2.45) is 0 Å². The molecule has 2 atom stereocenters. The number of hydrogen-bond donors (Lipinski definition) is 2. The number of carbonyl (C=O) groups is 3. The predicted molar refractivity (Wildman–Crippen MR) is 116 cm³/mol. The molecule has 2 unspecified atom stereocenters. The monoisotopic (exact) mass is 467 g/mol. The molecule has 2 heterocycles. The van der Waals surface area contributed by atoms with Gasteiger partial charge in [-0.1, -0.05) is 18.2 Å². The summed E-state index contributed by atoms with van der Waals surface area (Å²) in [5.74, 6) is -1.67. The summed E-state index contributed by atoms with van der Waals surface area (Å²) in [6, 6.07) is 12.9. The normalized spacial score (nSPS) is 19.1. The Morgan fingerprint density at radius 1 is 1.15 bits per heavy atom. The number of carbonyl (C=O) groups excluding carboxylic acids is 3. The van der Waals surface area contributed by atoms with E-state index in [9.17, 15) is 29.6 Å². The SMILES string of the molecule is O=C(COc1ccccc1)NC1C(=O)N2C(C(=O)OCc3ccc([N+](=O)[O-])cc3)=C(O)CCC12. The van der Waals surface area contributed by atoms with E-state index in [4.69, 9.17) is 9.47 Å². The van der Waals surface area contributed by atoms with Crippen LogP contribution in [0.2, 0.25) is 0 Å². The number of benzene rings is 2. The topological polar surface area (TPSA) is 148 Å². The first kappa shape index (κ1) is 22.8. The lowest BCUT2D eigenvalue weighted by Gasteiger charge is -2.49. The lowest BCUT2D eigenvalue weighted by atomic mass is 9.86. The van der Waals surface area contributed by atoms with Gasteiger partial charge in [-0.05, 0) is 36.2 Å². The Morgan fingerprint density at radius 3 is 2.53 bits per heavy atom. The zero-order valence-corrected chi connectivity index (χ0v) is 17.9. The first-order valence-electron chi connectivity index (χ1n) is 10.5. The number of nitrogens with one attached hydrogen (secondary N) is 1. The third kappa shape index (κ3) is 4.68. The minimum atomic E-state index is -0.897. The summed E-state index contributed by atoms with van der Waals surface area (Å²) in [4.78, 5) is 48.9. The number of fused-ring (bicyclic) bond motifs is 1. The number of aliphatic hydroxyl groups excluding tert-OH is 1. The third-order valence-corrected chi connectivity index (χ3v) is 5.55. The van der Waals surface area contributed by atoms with Crippen molar-refractivity contribution in [3.05, 3.63) is 81.7 Å². The van der Waals surface area contributed by atoms with Crippen LogP contribution in [-0.4, -0.2) is 51.4 Å². The Morgan fingerprint density at radius 2 is 1.85 bits per heavy atom. The minimum absolute atomic E-state index is 0.0982. The van der Waals surface area contributed by atoms with Crippen molar-refractivity contribution in [2.75, 3.05) is 6.61 Å². The number of ether oxygens (including phenoxy) is 2. The molecule has 2 aromatic carbocycles. The smallest absolute Gasteiger partial charge is 0.358 e. The molecular formula is C23H21N3O8. The average Bonchev–Trinajstić information content (AvgIpc) is 2.85. The zero-order valence-electron chi connectivity index (χ0n) is 17.9. The van der Waals surface area contributed by atoms with E-state index >= 15 is 0 Å². The molecule has 2 N–H and O–H groups in total. The van der Waals surface area contributed by atoms with Gasteiger partial charge in [0, 0.05) is 18.6 Å². The number of amides is 2. The number of nitro benzene ring substituents is 1. The van der Waals surface area contributed by atoms with Crippen LogP contribution >= 0.6 is 0 Å². The highest BCUT2D eigenvalue weighted by Gasteiger charge is 2.54. The van der Waals surface area contributed by atoms with Crippen LogP contribution in [0.5, 0.6) is 5.75 Å². The summed E-state index contributed by atoms with van der Waals surface area (Å²) in [6.45, 7) is -0.469. The lowest BCUT2D eigenvalue weighted by molar-refractivity contribution is -0.384. The van der Waals surface area contributed by atoms with Crippen molar-refractivity contribution in [1.82, 2.24) is 10.2 Å². The fraction of sp³-hybridized carbons (Fsp3) is 0.261. The number of nitro groups is 1. The number of rotatable bonds is 8. The molecule has 2 amide bonds. The number of β-lactam (4-membered cyclic amide) rings is 1. The fourth-order valence-electron chi connectivity index (χ4n) is 3.84. The minimum Gasteiger partial charge on any atom is -0.510 e. The molecule has 1 fully saturated rings. The molecule has 176 valence electrons. The van der Waals surface area contributed by atoms with Crippen molar-refractivity contribution < 1.29 is 33.9 Å². The molecule has 0 bridgehead atoms. The number of non-ortho nitro benzene ring substituents is 1. The second kappa shape index (κ2) is 9.61. The third-order valence-electron chi connectivity index (χ3n) is 5.55. The molecule has 1 saturated heterocycles. The van der Waals surface area contributed by atoms with E-state index in [0.717, 1.165) is 4.90 Å². The maximum absolute atomic E-state index is 12.7. The van der Waals surface area contributed by atoms with Crippen LogP contribution in [0.1, 0.15) is 18.4 Å². The number of allylic oxidation sites excluding steroid dienone is 1. The summed E-state index contributed by atoms with van der Waals surface area (Å²) in [7, 11) is 0. The molecule has 0 spiro atoms. The highest BCUT2D eigenvalue weighted by atomic mass is 16.6. The van der Waals surface area contributed by atoms with Gasteiger partial charge in [-0.15, -0.1) is 0 Å². The van der Waals surface area contributed by atoms with Crippen LogP contribution in [-0.2, 0) is 25.7 Å². The second-order valence-electron chi connectivity index (χ2n) is 7.76. The highest BCUT2D eigenvalue weighted by Crippen LogP contribution is 2.36. The molecule has 0 saturated carbocycles.